The van der Waals surface area contributed by atoms with E-state index in [1.54, 1.807) is 6.92 Å². The fourth-order valence-electron chi connectivity index (χ4n) is 3.98. The molecule has 31 heavy (non-hydrogen) atoms. The maximum Gasteiger partial charge on any atom is 0.186 e. The second-order valence-corrected chi connectivity index (χ2v) is 8.84. The van der Waals surface area contributed by atoms with E-state index in [0.717, 1.165) is 0 Å². The average Bonchev–Trinajstić information content (AvgIpc) is 2.71. The van der Waals surface area contributed by atoms with E-state index in [4.69, 9.17) is 18.9 Å². The minimum Gasteiger partial charge on any atom is -0.393 e. The number of rotatable bonds is 9. The van der Waals surface area contributed by atoms with Crippen LogP contribution in [0.15, 0.2) is 0 Å². The second kappa shape index (κ2) is 11.6. The third-order valence-corrected chi connectivity index (χ3v) is 6.11. The molecule has 2 aliphatic heterocycles. The molecule has 11 heteroatoms. The summed E-state index contributed by atoms with van der Waals surface area (Å²) in [5, 5.41) is 70.1. The highest BCUT2D eigenvalue weighted by atomic mass is 16.7. The van der Waals surface area contributed by atoms with Gasteiger partial charge in [-0.3, -0.25) is 0 Å². The van der Waals surface area contributed by atoms with Crippen molar-refractivity contribution >= 4 is 0 Å². The van der Waals surface area contributed by atoms with Crippen LogP contribution in [0.25, 0.3) is 0 Å². The quantitative estimate of drug-likeness (QED) is 0.199. The van der Waals surface area contributed by atoms with E-state index in [2.05, 4.69) is 0 Å². The molecule has 2 saturated heterocycles. The Bertz CT molecular complexity index is 525. The largest absolute Gasteiger partial charge is 0.393 e. The van der Waals surface area contributed by atoms with Gasteiger partial charge in [0.25, 0.3) is 0 Å². The lowest BCUT2D eigenvalue weighted by atomic mass is 9.88. The van der Waals surface area contributed by atoms with Crippen LogP contribution >= 0.6 is 0 Å². The molecule has 0 bridgehead atoms. The first-order valence-corrected chi connectivity index (χ1v) is 10.8. The van der Waals surface area contributed by atoms with Crippen molar-refractivity contribution < 1.29 is 54.7 Å². The van der Waals surface area contributed by atoms with Gasteiger partial charge in [-0.15, -0.1) is 0 Å². The summed E-state index contributed by atoms with van der Waals surface area (Å²) < 4.78 is 21.9. The highest BCUT2D eigenvalue weighted by Crippen LogP contribution is 2.27. The molecule has 0 aromatic heterocycles. The van der Waals surface area contributed by atoms with Crippen LogP contribution in [-0.2, 0) is 18.9 Å². The molecule has 0 spiro atoms. The molecular formula is C20H38O11. The Balaban J connectivity index is 1.92. The van der Waals surface area contributed by atoms with Crippen LogP contribution in [0.3, 0.4) is 0 Å². The van der Waals surface area contributed by atoms with Gasteiger partial charge >= 0.3 is 0 Å². The van der Waals surface area contributed by atoms with E-state index in [9.17, 15) is 35.7 Å². The van der Waals surface area contributed by atoms with Crippen LogP contribution < -0.4 is 0 Å². The van der Waals surface area contributed by atoms with Crippen molar-refractivity contribution in [1.82, 2.24) is 0 Å². The maximum atomic E-state index is 10.2. The first kappa shape index (κ1) is 26.8. The van der Waals surface area contributed by atoms with Crippen molar-refractivity contribution in [2.75, 3.05) is 13.2 Å². The predicted octanol–water partition coefficient (Wildman–Crippen LogP) is -2.30. The van der Waals surface area contributed by atoms with Crippen LogP contribution in [-0.4, -0.2) is 116 Å². The fraction of sp³-hybridized carbons (Fsp3) is 1.00. The van der Waals surface area contributed by atoms with Crippen LogP contribution in [0.1, 0.15) is 34.1 Å². The molecule has 12 atom stereocenters. The SMILES string of the molecule is CC(C)[C@H](CCO[C@@H]1O[C@H](CO[C@@H]2O[C@@H](C)[C@H](O)[C@@H](O)[C@H]2O)[C@@H](O)[C@H](O)[C@H]1O)[C@@H](C)O. The van der Waals surface area contributed by atoms with E-state index in [1.807, 2.05) is 13.8 Å². The van der Waals surface area contributed by atoms with Gasteiger partial charge in [0.2, 0.25) is 0 Å². The van der Waals surface area contributed by atoms with Gasteiger partial charge in [0.15, 0.2) is 12.6 Å². The summed E-state index contributed by atoms with van der Waals surface area (Å²) in [5.41, 5.74) is 0. The Kier molecular flexibility index (Phi) is 10.0. The fourth-order valence-corrected chi connectivity index (χ4v) is 3.98. The van der Waals surface area contributed by atoms with Gasteiger partial charge in [0.05, 0.1) is 25.4 Å². The third-order valence-electron chi connectivity index (χ3n) is 6.11. The molecule has 2 fully saturated rings. The second-order valence-electron chi connectivity index (χ2n) is 8.84. The molecule has 2 rings (SSSR count). The van der Waals surface area contributed by atoms with Crippen molar-refractivity contribution in [2.45, 2.75) is 102 Å². The van der Waals surface area contributed by atoms with Gasteiger partial charge in [-0.05, 0) is 32.1 Å². The molecule has 0 aliphatic carbocycles. The highest BCUT2D eigenvalue weighted by Gasteiger charge is 2.46. The van der Waals surface area contributed by atoms with Crippen LogP contribution in [0.4, 0.5) is 0 Å². The number of hydrogen-bond donors (Lipinski definition) is 7. The molecule has 184 valence electrons. The standard InChI is InChI=1S/C20H38O11/c1-8(2)11(9(3)21)5-6-28-19-18(27)16(25)14(23)12(31-19)7-29-20-17(26)15(24)13(22)10(4)30-20/h8-27H,5-7H2,1-4H3/t9-,10+,11+,12-,13+,14-,15-,16+,17-,18-,19-,20-/m1/s1. The molecule has 2 heterocycles. The molecule has 0 aromatic carbocycles. The van der Waals surface area contributed by atoms with Crippen LogP contribution in [0, 0.1) is 11.8 Å². The number of hydrogen-bond acceptors (Lipinski definition) is 11. The predicted molar refractivity (Wildman–Crippen MR) is 106 cm³/mol. The van der Waals surface area contributed by atoms with E-state index in [0.29, 0.717) is 6.42 Å². The topological polar surface area (TPSA) is 179 Å². The summed E-state index contributed by atoms with van der Waals surface area (Å²) in [6, 6.07) is 0. The Hall–Kier alpha value is -0.440. The average molecular weight is 455 g/mol. The van der Waals surface area contributed by atoms with Gasteiger partial charge in [-0.2, -0.15) is 0 Å². The minimum absolute atomic E-state index is 0.0240. The van der Waals surface area contributed by atoms with Gasteiger partial charge in [0, 0.05) is 0 Å². The monoisotopic (exact) mass is 454 g/mol. The van der Waals surface area contributed by atoms with Crippen molar-refractivity contribution in [3.8, 4) is 0 Å². The molecule has 0 saturated carbocycles. The van der Waals surface area contributed by atoms with E-state index >= 15 is 0 Å². The van der Waals surface area contributed by atoms with Gasteiger partial charge in [0.1, 0.15) is 42.7 Å². The Morgan fingerprint density at radius 2 is 1.29 bits per heavy atom. The normalized spacial score (nSPS) is 43.7. The lowest BCUT2D eigenvalue weighted by Gasteiger charge is -2.42. The zero-order valence-corrected chi connectivity index (χ0v) is 18.4. The number of ether oxygens (including phenoxy) is 4. The minimum atomic E-state index is -1.56. The Morgan fingerprint density at radius 3 is 1.84 bits per heavy atom. The molecule has 0 amide bonds. The number of aliphatic hydroxyl groups excluding tert-OH is 7. The Labute approximate surface area is 182 Å². The van der Waals surface area contributed by atoms with E-state index < -0.39 is 67.5 Å². The van der Waals surface area contributed by atoms with E-state index in [-0.39, 0.29) is 25.0 Å². The van der Waals surface area contributed by atoms with Crippen molar-refractivity contribution in [1.29, 1.82) is 0 Å². The molecule has 7 N–H and O–H groups in total. The summed E-state index contributed by atoms with van der Waals surface area (Å²) in [6.07, 6.45) is -13.3. The Morgan fingerprint density at radius 1 is 0.742 bits per heavy atom. The summed E-state index contributed by atoms with van der Waals surface area (Å²) in [4.78, 5) is 0. The summed E-state index contributed by atoms with van der Waals surface area (Å²) in [7, 11) is 0. The third kappa shape index (κ3) is 6.55. The van der Waals surface area contributed by atoms with E-state index in [1.165, 1.54) is 6.92 Å². The van der Waals surface area contributed by atoms with Gasteiger partial charge < -0.3 is 54.7 Å². The molecule has 0 radical (unpaired) electrons. The first-order chi connectivity index (χ1) is 14.5. The smallest absolute Gasteiger partial charge is 0.186 e. The lowest BCUT2D eigenvalue weighted by Crippen LogP contribution is -2.61. The lowest BCUT2D eigenvalue weighted by molar-refractivity contribution is -0.328. The van der Waals surface area contributed by atoms with Crippen LogP contribution in [0.5, 0.6) is 0 Å². The molecule has 0 unspecified atom stereocenters. The molecule has 0 aromatic rings. The zero-order chi connectivity index (χ0) is 23.5. The summed E-state index contributed by atoms with van der Waals surface area (Å²) in [5.74, 6) is 0.191. The van der Waals surface area contributed by atoms with Crippen molar-refractivity contribution in [2.24, 2.45) is 11.8 Å². The summed E-state index contributed by atoms with van der Waals surface area (Å²) in [6.45, 7) is 6.97. The summed E-state index contributed by atoms with van der Waals surface area (Å²) >= 11 is 0. The van der Waals surface area contributed by atoms with Crippen molar-refractivity contribution in [3.63, 3.8) is 0 Å². The van der Waals surface area contributed by atoms with Crippen molar-refractivity contribution in [3.05, 3.63) is 0 Å². The maximum absolute atomic E-state index is 10.2. The zero-order valence-electron chi connectivity index (χ0n) is 18.4. The van der Waals surface area contributed by atoms with Crippen LogP contribution in [0.2, 0.25) is 0 Å². The first-order valence-electron chi connectivity index (χ1n) is 10.8. The van der Waals surface area contributed by atoms with Gasteiger partial charge in [-0.25, -0.2) is 0 Å². The molecule has 2 aliphatic rings. The molecule has 11 nitrogen and oxygen atoms in total. The van der Waals surface area contributed by atoms with Gasteiger partial charge in [-0.1, -0.05) is 13.8 Å². The number of aliphatic hydroxyl groups is 7. The molecular weight excluding hydrogens is 416 g/mol. The highest BCUT2D eigenvalue weighted by molar-refractivity contribution is 4.91.